The molecule has 1 aliphatic rings. The monoisotopic (exact) mass is 243 g/mol. The van der Waals surface area contributed by atoms with Crippen LogP contribution in [-0.2, 0) is 13.0 Å². The summed E-state index contributed by atoms with van der Waals surface area (Å²) in [5.41, 5.74) is 2.44. The predicted octanol–water partition coefficient (Wildman–Crippen LogP) is 2.34. The number of benzene rings is 1. The number of aliphatic hydroxyl groups excluding tert-OH is 1. The van der Waals surface area contributed by atoms with Crippen LogP contribution in [0.5, 0.6) is 0 Å². The van der Waals surface area contributed by atoms with Crippen LogP contribution < -0.4 is 5.32 Å². The Labute approximate surface area is 106 Å². The maximum atomic E-state index is 10.1. The number of fused-ring (bicyclic) bond motifs is 1. The predicted molar refractivity (Wildman–Crippen MR) is 69.2 cm³/mol. The van der Waals surface area contributed by atoms with E-state index in [0.717, 1.165) is 17.9 Å². The van der Waals surface area contributed by atoms with E-state index in [1.807, 2.05) is 31.2 Å². The van der Waals surface area contributed by atoms with E-state index in [1.54, 1.807) is 0 Å². The first-order valence-corrected chi connectivity index (χ1v) is 6.28. The molecule has 0 bridgehead atoms. The average molecular weight is 243 g/mol. The molecule has 1 aromatic heterocycles. The largest absolute Gasteiger partial charge is 0.465 e. The van der Waals surface area contributed by atoms with Crippen LogP contribution >= 0.6 is 0 Å². The Bertz CT molecular complexity index is 547. The fraction of sp³-hybridized carbons (Fsp3) is 0.333. The Morgan fingerprint density at radius 1 is 1.28 bits per heavy atom. The Kier molecular flexibility index (Phi) is 2.94. The van der Waals surface area contributed by atoms with Crippen molar-refractivity contribution in [3.05, 3.63) is 59.0 Å². The van der Waals surface area contributed by atoms with Gasteiger partial charge in [0, 0.05) is 6.42 Å². The maximum Gasteiger partial charge on any atom is 0.117 e. The van der Waals surface area contributed by atoms with Gasteiger partial charge in [0.1, 0.15) is 11.5 Å². The molecular formula is C15H17NO2. The summed E-state index contributed by atoms with van der Waals surface area (Å²) in [6.45, 7) is 2.58. The molecule has 94 valence electrons. The molecule has 0 saturated carbocycles. The van der Waals surface area contributed by atoms with Crippen molar-refractivity contribution in [1.82, 2.24) is 5.32 Å². The van der Waals surface area contributed by atoms with Gasteiger partial charge in [0.15, 0.2) is 0 Å². The van der Waals surface area contributed by atoms with Gasteiger partial charge in [-0.1, -0.05) is 24.3 Å². The quantitative estimate of drug-likeness (QED) is 0.869. The van der Waals surface area contributed by atoms with Crippen molar-refractivity contribution < 1.29 is 9.52 Å². The molecule has 2 N–H and O–H groups in total. The van der Waals surface area contributed by atoms with Crippen molar-refractivity contribution in [1.29, 1.82) is 0 Å². The molecule has 1 aromatic carbocycles. The molecule has 3 nitrogen and oxygen atoms in total. The first-order valence-electron chi connectivity index (χ1n) is 6.28. The van der Waals surface area contributed by atoms with Gasteiger partial charge in [0.05, 0.1) is 18.7 Å². The molecule has 3 heteroatoms. The lowest BCUT2D eigenvalue weighted by Crippen LogP contribution is -2.28. The fourth-order valence-corrected chi connectivity index (χ4v) is 2.61. The second kappa shape index (κ2) is 4.59. The number of nitrogens with one attached hydrogen (secondary N) is 1. The van der Waals surface area contributed by atoms with Crippen LogP contribution in [0.1, 0.15) is 28.7 Å². The Balaban J connectivity index is 1.73. The lowest BCUT2D eigenvalue weighted by Gasteiger charge is -2.17. The summed E-state index contributed by atoms with van der Waals surface area (Å²) >= 11 is 0. The zero-order valence-corrected chi connectivity index (χ0v) is 10.4. The van der Waals surface area contributed by atoms with E-state index in [2.05, 4.69) is 17.4 Å². The van der Waals surface area contributed by atoms with Gasteiger partial charge in [-0.25, -0.2) is 0 Å². The van der Waals surface area contributed by atoms with Crippen LogP contribution in [0.4, 0.5) is 0 Å². The number of hydrogen-bond acceptors (Lipinski definition) is 3. The molecule has 2 unspecified atom stereocenters. The van der Waals surface area contributed by atoms with E-state index < -0.39 is 0 Å². The van der Waals surface area contributed by atoms with Gasteiger partial charge in [-0.15, -0.1) is 0 Å². The molecule has 3 rings (SSSR count). The minimum absolute atomic E-state index is 0.00612. The van der Waals surface area contributed by atoms with Gasteiger partial charge in [-0.05, 0) is 30.2 Å². The molecular weight excluding hydrogens is 226 g/mol. The summed E-state index contributed by atoms with van der Waals surface area (Å²) in [4.78, 5) is 0. The van der Waals surface area contributed by atoms with Crippen LogP contribution in [0.15, 0.2) is 40.8 Å². The summed E-state index contributed by atoms with van der Waals surface area (Å²) in [5, 5.41) is 13.5. The third-order valence-corrected chi connectivity index (χ3v) is 3.50. The molecule has 2 aromatic rings. The summed E-state index contributed by atoms with van der Waals surface area (Å²) in [6.07, 6.45) is 0.379. The Hall–Kier alpha value is -1.58. The van der Waals surface area contributed by atoms with Crippen LogP contribution in [0.3, 0.4) is 0 Å². The van der Waals surface area contributed by atoms with Crippen molar-refractivity contribution in [3.63, 3.8) is 0 Å². The molecule has 1 aliphatic carbocycles. The summed E-state index contributed by atoms with van der Waals surface area (Å²) in [5.74, 6) is 1.82. The normalized spacial score (nSPS) is 22.1. The van der Waals surface area contributed by atoms with Gasteiger partial charge in [-0.2, -0.15) is 0 Å². The van der Waals surface area contributed by atoms with Gasteiger partial charge >= 0.3 is 0 Å². The maximum absolute atomic E-state index is 10.1. The molecule has 2 atom stereocenters. The smallest absolute Gasteiger partial charge is 0.117 e. The van der Waals surface area contributed by atoms with E-state index in [9.17, 15) is 5.11 Å². The van der Waals surface area contributed by atoms with Crippen LogP contribution in [-0.4, -0.2) is 11.2 Å². The van der Waals surface area contributed by atoms with Gasteiger partial charge in [-0.3, -0.25) is 0 Å². The second-order valence-corrected chi connectivity index (χ2v) is 4.84. The van der Waals surface area contributed by atoms with E-state index in [4.69, 9.17) is 4.42 Å². The van der Waals surface area contributed by atoms with Crippen LogP contribution in [0, 0.1) is 6.92 Å². The lowest BCUT2D eigenvalue weighted by molar-refractivity contribution is 0.139. The summed E-state index contributed by atoms with van der Waals surface area (Å²) in [7, 11) is 0. The number of rotatable bonds is 3. The van der Waals surface area contributed by atoms with Gasteiger partial charge in [0.2, 0.25) is 0 Å². The first kappa shape index (κ1) is 11.5. The van der Waals surface area contributed by atoms with E-state index in [1.165, 1.54) is 11.1 Å². The highest BCUT2D eigenvalue weighted by molar-refractivity contribution is 5.36. The average Bonchev–Trinajstić information content (AvgIpc) is 2.90. The topological polar surface area (TPSA) is 45.4 Å². The molecule has 0 fully saturated rings. The van der Waals surface area contributed by atoms with Gasteiger partial charge < -0.3 is 14.8 Å². The Morgan fingerprint density at radius 3 is 2.89 bits per heavy atom. The Morgan fingerprint density at radius 2 is 2.11 bits per heavy atom. The highest BCUT2D eigenvalue weighted by Gasteiger charge is 2.30. The van der Waals surface area contributed by atoms with Crippen molar-refractivity contribution >= 4 is 0 Å². The molecule has 0 amide bonds. The van der Waals surface area contributed by atoms with Gasteiger partial charge in [0.25, 0.3) is 0 Å². The SMILES string of the molecule is Cc1ccc(CNC2c3ccccc3CC2O)o1. The molecule has 18 heavy (non-hydrogen) atoms. The highest BCUT2D eigenvalue weighted by atomic mass is 16.3. The van der Waals surface area contributed by atoms with Crippen LogP contribution in [0.25, 0.3) is 0 Å². The van der Waals surface area contributed by atoms with Crippen molar-refractivity contribution in [3.8, 4) is 0 Å². The minimum atomic E-state index is -0.349. The summed E-state index contributed by atoms with van der Waals surface area (Å²) < 4.78 is 5.52. The second-order valence-electron chi connectivity index (χ2n) is 4.84. The lowest BCUT2D eigenvalue weighted by atomic mass is 10.1. The third kappa shape index (κ3) is 2.07. The minimum Gasteiger partial charge on any atom is -0.465 e. The van der Waals surface area contributed by atoms with E-state index in [0.29, 0.717) is 6.54 Å². The zero-order chi connectivity index (χ0) is 12.5. The number of aliphatic hydroxyl groups is 1. The molecule has 0 aliphatic heterocycles. The van der Waals surface area contributed by atoms with Crippen molar-refractivity contribution in [2.24, 2.45) is 0 Å². The third-order valence-electron chi connectivity index (χ3n) is 3.50. The molecule has 0 saturated heterocycles. The molecule has 1 heterocycles. The fourth-order valence-electron chi connectivity index (χ4n) is 2.61. The van der Waals surface area contributed by atoms with E-state index in [-0.39, 0.29) is 12.1 Å². The number of hydrogen-bond donors (Lipinski definition) is 2. The number of aryl methyl sites for hydroxylation is 1. The zero-order valence-electron chi connectivity index (χ0n) is 10.4. The number of furan rings is 1. The standard InChI is InChI=1S/C15H17NO2/c1-10-6-7-12(18-10)9-16-15-13-5-3-2-4-11(13)8-14(15)17/h2-7,14-17H,8-9H2,1H3. The molecule has 0 spiro atoms. The highest BCUT2D eigenvalue weighted by Crippen LogP contribution is 2.31. The van der Waals surface area contributed by atoms with Crippen molar-refractivity contribution in [2.75, 3.05) is 0 Å². The first-order chi connectivity index (χ1) is 8.74. The van der Waals surface area contributed by atoms with Crippen LogP contribution in [0.2, 0.25) is 0 Å². The van der Waals surface area contributed by atoms with Crippen molar-refractivity contribution in [2.45, 2.75) is 32.0 Å². The molecule has 0 radical (unpaired) electrons. The van der Waals surface area contributed by atoms with E-state index >= 15 is 0 Å². The summed E-state index contributed by atoms with van der Waals surface area (Å²) in [6, 6.07) is 12.1.